The van der Waals surface area contributed by atoms with Gasteiger partial charge in [0.1, 0.15) is 11.6 Å². The Hall–Kier alpha value is -2.41. The molecule has 1 N–H and O–H groups in total. The van der Waals surface area contributed by atoms with E-state index in [1.165, 1.54) is 0 Å². The van der Waals surface area contributed by atoms with Crippen molar-refractivity contribution in [3.05, 3.63) is 42.1 Å². The topological polar surface area (TPSA) is 66.3 Å². The van der Waals surface area contributed by atoms with Gasteiger partial charge in [-0.25, -0.2) is 9.97 Å². The number of aryl methyl sites for hydroxylation is 1. The van der Waals surface area contributed by atoms with Crippen LogP contribution in [-0.4, -0.2) is 64.6 Å². The van der Waals surface area contributed by atoms with Gasteiger partial charge in [-0.05, 0) is 25.1 Å². The number of hydrogen-bond donors (Lipinski definition) is 1. The summed E-state index contributed by atoms with van der Waals surface area (Å²) in [5.74, 6) is 2.38. The van der Waals surface area contributed by atoms with Gasteiger partial charge in [0.05, 0.1) is 5.56 Å². The van der Waals surface area contributed by atoms with E-state index in [9.17, 15) is 4.79 Å². The smallest absolute Gasteiger partial charge is 0.252 e. The van der Waals surface area contributed by atoms with E-state index in [0.29, 0.717) is 18.0 Å². The molecule has 0 spiro atoms. The molecule has 28 heavy (non-hydrogen) atoms. The predicted octanol–water partition coefficient (Wildman–Crippen LogP) is 2.36. The van der Waals surface area contributed by atoms with Crippen molar-refractivity contribution in [2.45, 2.75) is 39.7 Å². The molecule has 1 aliphatic heterocycles. The first-order chi connectivity index (χ1) is 13.6. The Morgan fingerprint density at radius 3 is 2.61 bits per heavy atom. The van der Waals surface area contributed by atoms with Gasteiger partial charge in [0.15, 0.2) is 0 Å². The summed E-state index contributed by atoms with van der Waals surface area (Å²) < 4.78 is 2.16. The molecule has 3 rings (SSSR count). The fraction of sp³-hybridized carbons (Fsp3) is 0.571. The number of carbonyl (C=O) groups is 1. The van der Waals surface area contributed by atoms with Gasteiger partial charge < -0.3 is 19.7 Å². The van der Waals surface area contributed by atoms with Crippen LogP contribution < -0.4 is 10.2 Å². The summed E-state index contributed by atoms with van der Waals surface area (Å²) in [5.41, 5.74) is 0.612. The molecule has 0 aromatic carbocycles. The average molecular weight is 385 g/mol. The molecule has 3 heterocycles. The number of amides is 1. The second kappa shape index (κ2) is 9.68. The third-order valence-electron chi connectivity index (χ3n) is 5.28. The molecule has 0 unspecified atom stereocenters. The van der Waals surface area contributed by atoms with Crippen molar-refractivity contribution in [3.8, 4) is 0 Å². The van der Waals surface area contributed by atoms with E-state index >= 15 is 0 Å². The lowest BCUT2D eigenvalue weighted by Gasteiger charge is -2.34. The molecule has 7 nitrogen and oxygen atoms in total. The number of likely N-dealkylation sites (N-methyl/N-ethyl adjacent to an activating group) is 1. The van der Waals surface area contributed by atoms with E-state index in [4.69, 9.17) is 0 Å². The lowest BCUT2D eigenvalue weighted by Crippen LogP contribution is -2.46. The zero-order valence-electron chi connectivity index (χ0n) is 17.3. The number of rotatable bonds is 8. The molecule has 0 atom stereocenters. The fourth-order valence-corrected chi connectivity index (χ4v) is 3.56. The lowest BCUT2D eigenvalue weighted by molar-refractivity contribution is 0.0952. The van der Waals surface area contributed by atoms with Gasteiger partial charge in [0.2, 0.25) is 0 Å². The van der Waals surface area contributed by atoms with Gasteiger partial charge >= 0.3 is 0 Å². The summed E-state index contributed by atoms with van der Waals surface area (Å²) in [6, 6.07) is 3.83. The molecule has 0 saturated carbocycles. The van der Waals surface area contributed by atoms with Crippen molar-refractivity contribution in [2.24, 2.45) is 0 Å². The lowest BCUT2D eigenvalue weighted by atomic mass is 10.2. The molecule has 0 bridgehead atoms. The fourth-order valence-electron chi connectivity index (χ4n) is 3.56. The number of anilines is 1. The summed E-state index contributed by atoms with van der Waals surface area (Å²) in [4.78, 5) is 26.0. The number of aromatic nitrogens is 3. The van der Waals surface area contributed by atoms with Crippen molar-refractivity contribution >= 4 is 11.7 Å². The molecule has 1 fully saturated rings. The van der Waals surface area contributed by atoms with Gasteiger partial charge in [-0.2, -0.15) is 0 Å². The Morgan fingerprint density at radius 2 is 1.96 bits per heavy atom. The van der Waals surface area contributed by atoms with Gasteiger partial charge in [0.25, 0.3) is 5.91 Å². The largest absolute Gasteiger partial charge is 0.354 e. The van der Waals surface area contributed by atoms with Crippen molar-refractivity contribution in [1.82, 2.24) is 24.8 Å². The first-order valence-corrected chi connectivity index (χ1v) is 10.3. The van der Waals surface area contributed by atoms with E-state index < -0.39 is 0 Å². The normalized spacial score (nSPS) is 15.2. The van der Waals surface area contributed by atoms with Crippen LogP contribution in [0, 0.1) is 0 Å². The molecule has 152 valence electrons. The number of piperazine rings is 1. The van der Waals surface area contributed by atoms with Crippen molar-refractivity contribution < 1.29 is 4.79 Å². The maximum absolute atomic E-state index is 12.4. The molecule has 1 amide bonds. The predicted molar refractivity (Wildman–Crippen MR) is 112 cm³/mol. The molecule has 0 radical (unpaired) electrons. The van der Waals surface area contributed by atoms with Crippen LogP contribution in [0.15, 0.2) is 30.7 Å². The van der Waals surface area contributed by atoms with Crippen LogP contribution in [0.1, 0.15) is 49.3 Å². The Labute approximate surface area is 167 Å². The number of carbonyl (C=O) groups excluding carboxylic acids is 1. The Bertz CT molecular complexity index is 747. The first kappa shape index (κ1) is 20.3. The van der Waals surface area contributed by atoms with Crippen LogP contribution in [0.2, 0.25) is 0 Å². The van der Waals surface area contributed by atoms with Crippen LogP contribution >= 0.6 is 0 Å². The standard InChI is InChI=1S/C21H32N6O/c1-4-25-12-14-26(15-13-25)19-7-6-18(16-24-19)21(28)23-8-5-10-27-11-9-22-20(27)17(2)3/h6-7,9,11,16-17H,4-5,8,10,12-15H2,1-3H3,(H,23,28). The maximum Gasteiger partial charge on any atom is 0.252 e. The Balaban J connectivity index is 1.44. The summed E-state index contributed by atoms with van der Waals surface area (Å²) >= 11 is 0. The monoisotopic (exact) mass is 384 g/mol. The second-order valence-corrected chi connectivity index (χ2v) is 7.57. The van der Waals surface area contributed by atoms with Crippen molar-refractivity contribution in [3.63, 3.8) is 0 Å². The Kier molecular flexibility index (Phi) is 7.03. The minimum atomic E-state index is -0.0652. The maximum atomic E-state index is 12.4. The van der Waals surface area contributed by atoms with Crippen LogP contribution in [0.4, 0.5) is 5.82 Å². The highest BCUT2D eigenvalue weighted by atomic mass is 16.1. The molecule has 1 aliphatic rings. The molecule has 1 saturated heterocycles. The minimum absolute atomic E-state index is 0.0652. The van der Waals surface area contributed by atoms with Crippen molar-refractivity contribution in [2.75, 3.05) is 44.2 Å². The highest BCUT2D eigenvalue weighted by Gasteiger charge is 2.17. The zero-order chi connectivity index (χ0) is 19.9. The van der Waals surface area contributed by atoms with E-state index in [1.807, 2.05) is 24.5 Å². The molecular formula is C21H32N6O. The summed E-state index contributed by atoms with van der Waals surface area (Å²) in [7, 11) is 0. The molecular weight excluding hydrogens is 352 g/mol. The molecule has 2 aromatic rings. The van der Waals surface area contributed by atoms with Crippen LogP contribution in [0.3, 0.4) is 0 Å². The third kappa shape index (κ3) is 5.10. The highest BCUT2D eigenvalue weighted by Crippen LogP contribution is 2.14. The van der Waals surface area contributed by atoms with Crippen molar-refractivity contribution in [1.29, 1.82) is 0 Å². The first-order valence-electron chi connectivity index (χ1n) is 10.3. The number of pyridine rings is 1. The molecule has 7 heteroatoms. The van der Waals surface area contributed by atoms with Crippen LogP contribution in [0.25, 0.3) is 0 Å². The number of hydrogen-bond acceptors (Lipinski definition) is 5. The number of nitrogens with zero attached hydrogens (tertiary/aromatic N) is 5. The molecule has 2 aromatic heterocycles. The van der Waals surface area contributed by atoms with E-state index in [-0.39, 0.29) is 5.91 Å². The second-order valence-electron chi connectivity index (χ2n) is 7.57. The average Bonchev–Trinajstić information content (AvgIpc) is 3.20. The third-order valence-corrected chi connectivity index (χ3v) is 5.28. The zero-order valence-corrected chi connectivity index (χ0v) is 17.3. The minimum Gasteiger partial charge on any atom is -0.354 e. The SMILES string of the molecule is CCN1CCN(c2ccc(C(=O)NCCCn3ccnc3C(C)C)cn2)CC1. The summed E-state index contributed by atoms with van der Waals surface area (Å²) in [6.45, 7) is 13.2. The molecule has 0 aliphatic carbocycles. The number of nitrogens with one attached hydrogen (secondary N) is 1. The van der Waals surface area contributed by atoms with E-state index in [2.05, 4.69) is 50.4 Å². The Morgan fingerprint density at radius 1 is 1.18 bits per heavy atom. The van der Waals surface area contributed by atoms with Crippen LogP contribution in [-0.2, 0) is 6.54 Å². The van der Waals surface area contributed by atoms with Gasteiger partial charge in [-0.15, -0.1) is 0 Å². The highest BCUT2D eigenvalue weighted by molar-refractivity contribution is 5.94. The number of imidazole rings is 1. The van der Waals surface area contributed by atoms with Gasteiger partial charge in [-0.3, -0.25) is 4.79 Å². The van der Waals surface area contributed by atoms with Gasteiger partial charge in [-0.1, -0.05) is 20.8 Å². The van der Waals surface area contributed by atoms with Crippen LogP contribution in [0.5, 0.6) is 0 Å². The quantitative estimate of drug-likeness (QED) is 0.708. The summed E-state index contributed by atoms with van der Waals surface area (Å²) in [6.07, 6.45) is 6.39. The van der Waals surface area contributed by atoms with E-state index in [1.54, 1.807) is 6.20 Å². The summed E-state index contributed by atoms with van der Waals surface area (Å²) in [5, 5.41) is 2.99. The van der Waals surface area contributed by atoms with E-state index in [0.717, 1.165) is 57.3 Å². The van der Waals surface area contributed by atoms with Gasteiger partial charge in [0, 0.05) is 63.8 Å².